The summed E-state index contributed by atoms with van der Waals surface area (Å²) in [5.41, 5.74) is 4.03. The average Bonchev–Trinajstić information content (AvgIpc) is 3.26. The first kappa shape index (κ1) is 17.6. The number of amides is 1. The van der Waals surface area contributed by atoms with Crippen molar-refractivity contribution in [2.45, 2.75) is 12.5 Å². The highest BCUT2D eigenvalue weighted by molar-refractivity contribution is 5.95. The van der Waals surface area contributed by atoms with Gasteiger partial charge in [0.1, 0.15) is 5.75 Å². The molecule has 0 saturated heterocycles. The van der Waals surface area contributed by atoms with Crippen LogP contribution in [0.1, 0.15) is 33.1 Å². The van der Waals surface area contributed by atoms with Gasteiger partial charge in [0.25, 0.3) is 5.91 Å². The molecule has 146 valence electrons. The van der Waals surface area contributed by atoms with Gasteiger partial charge in [0.2, 0.25) is 6.79 Å². The molecule has 29 heavy (non-hydrogen) atoms. The minimum absolute atomic E-state index is 0.0226. The van der Waals surface area contributed by atoms with Crippen LogP contribution in [0.2, 0.25) is 0 Å². The van der Waals surface area contributed by atoms with E-state index in [1.165, 1.54) is 5.56 Å². The smallest absolute Gasteiger partial charge is 0.254 e. The topological polar surface area (TPSA) is 48.0 Å². The summed E-state index contributed by atoms with van der Waals surface area (Å²) in [6.45, 7) is 0.836. The van der Waals surface area contributed by atoms with Gasteiger partial charge in [-0.2, -0.15) is 0 Å². The van der Waals surface area contributed by atoms with Crippen LogP contribution in [0.5, 0.6) is 17.2 Å². The lowest BCUT2D eigenvalue weighted by atomic mass is 9.87. The third-order valence-corrected chi connectivity index (χ3v) is 5.58. The Morgan fingerprint density at radius 3 is 2.66 bits per heavy atom. The standard InChI is InChI=1S/C24H21NO4/c1-27-19-9-7-16-11-12-25(23(20(16)14-19)17-5-3-2-4-6-17)24(26)18-8-10-21-22(13-18)29-15-28-21/h2-10,13-14,23H,11-12,15H2,1H3. The van der Waals surface area contributed by atoms with E-state index >= 15 is 0 Å². The summed E-state index contributed by atoms with van der Waals surface area (Å²) in [5, 5.41) is 0. The maximum absolute atomic E-state index is 13.5. The molecule has 5 nitrogen and oxygen atoms in total. The van der Waals surface area contributed by atoms with E-state index in [1.54, 1.807) is 25.3 Å². The lowest BCUT2D eigenvalue weighted by Crippen LogP contribution is -2.40. The van der Waals surface area contributed by atoms with E-state index in [0.717, 1.165) is 23.3 Å². The van der Waals surface area contributed by atoms with Crippen molar-refractivity contribution in [3.8, 4) is 17.2 Å². The Kier molecular flexibility index (Phi) is 4.35. The Hall–Kier alpha value is -3.47. The van der Waals surface area contributed by atoms with Crippen molar-refractivity contribution in [2.75, 3.05) is 20.4 Å². The number of ether oxygens (including phenoxy) is 3. The van der Waals surface area contributed by atoms with Crippen molar-refractivity contribution >= 4 is 5.91 Å². The lowest BCUT2D eigenvalue weighted by molar-refractivity contribution is 0.0694. The van der Waals surface area contributed by atoms with Crippen LogP contribution in [0.15, 0.2) is 66.7 Å². The zero-order chi connectivity index (χ0) is 19.8. The first-order valence-corrected chi connectivity index (χ1v) is 9.67. The lowest BCUT2D eigenvalue weighted by Gasteiger charge is -2.38. The largest absolute Gasteiger partial charge is 0.497 e. The van der Waals surface area contributed by atoms with E-state index in [4.69, 9.17) is 14.2 Å². The molecule has 2 aliphatic rings. The van der Waals surface area contributed by atoms with Crippen LogP contribution in [-0.2, 0) is 6.42 Å². The quantitative estimate of drug-likeness (QED) is 0.675. The number of rotatable bonds is 3. The van der Waals surface area contributed by atoms with Crippen LogP contribution in [0.3, 0.4) is 0 Å². The van der Waals surface area contributed by atoms with Crippen molar-refractivity contribution in [2.24, 2.45) is 0 Å². The molecule has 5 rings (SSSR count). The Bertz CT molecular complexity index is 1060. The van der Waals surface area contributed by atoms with E-state index in [1.807, 2.05) is 35.2 Å². The second-order valence-electron chi connectivity index (χ2n) is 7.19. The van der Waals surface area contributed by atoms with Gasteiger partial charge in [-0.25, -0.2) is 0 Å². The van der Waals surface area contributed by atoms with Gasteiger partial charge in [-0.1, -0.05) is 36.4 Å². The second kappa shape index (κ2) is 7.17. The zero-order valence-electron chi connectivity index (χ0n) is 16.1. The summed E-state index contributed by atoms with van der Waals surface area (Å²) < 4.78 is 16.3. The number of nitrogens with zero attached hydrogens (tertiary/aromatic N) is 1. The van der Waals surface area contributed by atoms with Crippen LogP contribution in [0.4, 0.5) is 0 Å². The fraction of sp³-hybridized carbons (Fsp3) is 0.208. The molecular formula is C24H21NO4. The molecule has 0 aromatic heterocycles. The van der Waals surface area contributed by atoms with Crippen molar-refractivity contribution in [1.82, 2.24) is 4.90 Å². The normalized spacial score (nSPS) is 17.0. The van der Waals surface area contributed by atoms with Gasteiger partial charge in [-0.3, -0.25) is 4.79 Å². The molecule has 2 aliphatic heterocycles. The Morgan fingerprint density at radius 2 is 1.83 bits per heavy atom. The number of carbonyl (C=O) groups excluding carboxylic acids is 1. The Labute approximate surface area is 169 Å². The molecule has 3 aromatic carbocycles. The van der Waals surface area contributed by atoms with Gasteiger partial charge in [-0.15, -0.1) is 0 Å². The summed E-state index contributed by atoms with van der Waals surface area (Å²) >= 11 is 0. The summed E-state index contributed by atoms with van der Waals surface area (Å²) in [7, 11) is 1.66. The molecule has 1 unspecified atom stereocenters. The third kappa shape index (κ3) is 3.09. The molecule has 0 aliphatic carbocycles. The maximum atomic E-state index is 13.5. The zero-order valence-corrected chi connectivity index (χ0v) is 16.1. The molecule has 5 heteroatoms. The summed E-state index contributed by atoms with van der Waals surface area (Å²) in [6.07, 6.45) is 0.805. The molecule has 0 spiro atoms. The van der Waals surface area contributed by atoms with Gasteiger partial charge < -0.3 is 19.1 Å². The predicted molar refractivity (Wildman–Crippen MR) is 109 cm³/mol. The van der Waals surface area contributed by atoms with E-state index in [0.29, 0.717) is 23.6 Å². The molecule has 3 aromatic rings. The minimum atomic E-state index is -0.173. The minimum Gasteiger partial charge on any atom is -0.497 e. The average molecular weight is 387 g/mol. The summed E-state index contributed by atoms with van der Waals surface area (Å²) in [4.78, 5) is 15.5. The van der Waals surface area contributed by atoms with E-state index < -0.39 is 0 Å². The first-order valence-electron chi connectivity index (χ1n) is 9.67. The van der Waals surface area contributed by atoms with Gasteiger partial charge in [0.15, 0.2) is 11.5 Å². The molecule has 0 fully saturated rings. The van der Waals surface area contributed by atoms with Gasteiger partial charge in [-0.05, 0) is 53.4 Å². The monoisotopic (exact) mass is 387 g/mol. The molecule has 0 bridgehead atoms. The fourth-order valence-corrected chi connectivity index (χ4v) is 4.13. The predicted octanol–water partition coefficient (Wildman–Crippen LogP) is 4.21. The fourth-order valence-electron chi connectivity index (χ4n) is 4.13. The molecule has 1 amide bonds. The van der Waals surface area contributed by atoms with Crippen molar-refractivity contribution in [3.05, 3.63) is 89.0 Å². The van der Waals surface area contributed by atoms with Crippen LogP contribution in [-0.4, -0.2) is 31.3 Å². The van der Waals surface area contributed by atoms with Crippen LogP contribution >= 0.6 is 0 Å². The highest BCUT2D eigenvalue weighted by atomic mass is 16.7. The number of hydrogen-bond donors (Lipinski definition) is 0. The van der Waals surface area contributed by atoms with Crippen molar-refractivity contribution in [1.29, 1.82) is 0 Å². The van der Waals surface area contributed by atoms with Gasteiger partial charge in [0.05, 0.1) is 13.2 Å². The molecule has 0 N–H and O–H groups in total. The first-order chi connectivity index (χ1) is 14.2. The van der Waals surface area contributed by atoms with Gasteiger partial charge >= 0.3 is 0 Å². The van der Waals surface area contributed by atoms with Crippen LogP contribution in [0, 0.1) is 0 Å². The van der Waals surface area contributed by atoms with Crippen LogP contribution in [0.25, 0.3) is 0 Å². The number of hydrogen-bond acceptors (Lipinski definition) is 4. The number of benzene rings is 3. The highest BCUT2D eigenvalue weighted by Crippen LogP contribution is 2.39. The molecular weight excluding hydrogens is 366 g/mol. The van der Waals surface area contributed by atoms with Crippen molar-refractivity contribution < 1.29 is 19.0 Å². The van der Waals surface area contributed by atoms with E-state index in [9.17, 15) is 4.79 Å². The van der Waals surface area contributed by atoms with E-state index in [2.05, 4.69) is 18.2 Å². The number of carbonyl (C=O) groups is 1. The van der Waals surface area contributed by atoms with Gasteiger partial charge in [0, 0.05) is 12.1 Å². The third-order valence-electron chi connectivity index (χ3n) is 5.58. The van der Waals surface area contributed by atoms with E-state index in [-0.39, 0.29) is 18.7 Å². The molecule has 0 saturated carbocycles. The number of methoxy groups -OCH3 is 1. The maximum Gasteiger partial charge on any atom is 0.254 e. The highest BCUT2D eigenvalue weighted by Gasteiger charge is 2.33. The summed E-state index contributed by atoms with van der Waals surface area (Å²) in [5.74, 6) is 2.06. The molecule has 2 heterocycles. The SMILES string of the molecule is COc1ccc2c(c1)C(c1ccccc1)N(C(=O)c1ccc3c(c1)OCO3)CC2. The van der Waals surface area contributed by atoms with Crippen molar-refractivity contribution in [3.63, 3.8) is 0 Å². The molecule has 0 radical (unpaired) electrons. The Morgan fingerprint density at radius 1 is 1.00 bits per heavy atom. The molecule has 1 atom stereocenters. The number of fused-ring (bicyclic) bond motifs is 2. The Balaban J connectivity index is 1.58. The van der Waals surface area contributed by atoms with Crippen LogP contribution < -0.4 is 14.2 Å². The summed E-state index contributed by atoms with van der Waals surface area (Å²) in [6, 6.07) is 21.5. The second-order valence-corrected chi connectivity index (χ2v) is 7.19.